The zero-order chi connectivity index (χ0) is 15.0. The minimum absolute atomic E-state index is 0.156. The number of benzene rings is 2. The number of aryl methyl sites for hydroxylation is 3. The van der Waals surface area contributed by atoms with Gasteiger partial charge in [-0.3, -0.25) is 4.99 Å². The van der Waals surface area contributed by atoms with Crippen molar-refractivity contribution in [2.24, 2.45) is 4.99 Å². The summed E-state index contributed by atoms with van der Waals surface area (Å²) >= 11 is 0. The number of nitrogens with one attached hydrogen (secondary N) is 1. The average molecular weight is 278 g/mol. The minimum Gasteiger partial charge on any atom is -0.494 e. The molecule has 3 rings (SSSR count). The summed E-state index contributed by atoms with van der Waals surface area (Å²) in [5, 5.41) is 11.0. The standard InChI is InChI=1S/C18H18N2O/c1-11-4-7-17-15(8-11)16(18(21)20-17)10-19-14-6-5-12(2)13(3)9-14/h4-10,20-21H,1-3H3. The number of aromatic amines is 1. The maximum absolute atomic E-state index is 10.1. The third-order valence-electron chi connectivity index (χ3n) is 3.81. The van der Waals surface area contributed by atoms with Crippen LogP contribution in [0.25, 0.3) is 10.9 Å². The number of H-pyrrole nitrogens is 1. The van der Waals surface area contributed by atoms with Crippen LogP contribution in [0.5, 0.6) is 5.88 Å². The molecule has 3 nitrogen and oxygen atoms in total. The predicted molar refractivity (Wildman–Crippen MR) is 87.9 cm³/mol. The van der Waals surface area contributed by atoms with E-state index in [1.807, 2.05) is 37.3 Å². The van der Waals surface area contributed by atoms with Crippen LogP contribution in [0, 0.1) is 20.8 Å². The summed E-state index contributed by atoms with van der Waals surface area (Å²) in [5.41, 5.74) is 6.15. The Morgan fingerprint density at radius 2 is 1.81 bits per heavy atom. The first kappa shape index (κ1) is 13.4. The summed E-state index contributed by atoms with van der Waals surface area (Å²) < 4.78 is 0. The van der Waals surface area contributed by atoms with Gasteiger partial charge in [-0.25, -0.2) is 0 Å². The Morgan fingerprint density at radius 3 is 2.57 bits per heavy atom. The lowest BCUT2D eigenvalue weighted by atomic mass is 10.1. The molecule has 0 aliphatic carbocycles. The van der Waals surface area contributed by atoms with Crippen molar-refractivity contribution in [2.75, 3.05) is 0 Å². The topological polar surface area (TPSA) is 48.4 Å². The monoisotopic (exact) mass is 278 g/mol. The molecule has 106 valence electrons. The lowest BCUT2D eigenvalue weighted by molar-refractivity contribution is 0.457. The van der Waals surface area contributed by atoms with Crippen molar-refractivity contribution >= 4 is 22.8 Å². The van der Waals surface area contributed by atoms with Gasteiger partial charge >= 0.3 is 0 Å². The molecule has 0 amide bonds. The molecular formula is C18H18N2O. The summed E-state index contributed by atoms with van der Waals surface area (Å²) in [5.74, 6) is 0.156. The largest absolute Gasteiger partial charge is 0.494 e. The first-order valence-corrected chi connectivity index (χ1v) is 6.97. The number of hydrogen-bond acceptors (Lipinski definition) is 2. The predicted octanol–water partition coefficient (Wildman–Crippen LogP) is 4.55. The van der Waals surface area contributed by atoms with Gasteiger partial charge < -0.3 is 10.1 Å². The van der Waals surface area contributed by atoms with Gasteiger partial charge in [-0.2, -0.15) is 0 Å². The molecule has 3 heteroatoms. The van der Waals surface area contributed by atoms with Crippen molar-refractivity contribution < 1.29 is 5.11 Å². The molecule has 2 N–H and O–H groups in total. The molecule has 0 radical (unpaired) electrons. The first-order valence-electron chi connectivity index (χ1n) is 6.97. The van der Waals surface area contributed by atoms with Crippen LogP contribution in [-0.2, 0) is 0 Å². The molecule has 0 aliphatic heterocycles. The molecule has 1 aromatic heterocycles. The SMILES string of the molecule is Cc1ccc2[nH]c(O)c(C=Nc3ccc(C)c(C)c3)c2c1. The Hall–Kier alpha value is -2.55. The summed E-state index contributed by atoms with van der Waals surface area (Å²) in [6.45, 7) is 6.19. The Bertz CT molecular complexity index is 844. The summed E-state index contributed by atoms with van der Waals surface area (Å²) in [6, 6.07) is 12.1. The first-order chi connectivity index (χ1) is 10.0. The van der Waals surface area contributed by atoms with Crippen LogP contribution in [0.15, 0.2) is 41.4 Å². The highest BCUT2D eigenvalue weighted by Gasteiger charge is 2.08. The van der Waals surface area contributed by atoms with Crippen molar-refractivity contribution in [3.8, 4) is 5.88 Å². The molecule has 0 unspecified atom stereocenters. The van der Waals surface area contributed by atoms with E-state index in [4.69, 9.17) is 0 Å². The van der Waals surface area contributed by atoms with Gasteiger partial charge in [0.15, 0.2) is 5.88 Å². The second-order valence-electron chi connectivity index (χ2n) is 5.46. The van der Waals surface area contributed by atoms with Gasteiger partial charge in [0.2, 0.25) is 0 Å². The molecule has 0 bridgehead atoms. The van der Waals surface area contributed by atoms with Gasteiger partial charge in [0.25, 0.3) is 0 Å². The molecule has 0 fully saturated rings. The van der Waals surface area contributed by atoms with E-state index >= 15 is 0 Å². The van der Waals surface area contributed by atoms with Crippen LogP contribution < -0.4 is 0 Å². The number of hydrogen-bond donors (Lipinski definition) is 2. The Morgan fingerprint density at radius 1 is 1.00 bits per heavy atom. The molecule has 21 heavy (non-hydrogen) atoms. The fourth-order valence-electron chi connectivity index (χ4n) is 2.39. The summed E-state index contributed by atoms with van der Waals surface area (Å²) in [6.07, 6.45) is 1.72. The van der Waals surface area contributed by atoms with Crippen molar-refractivity contribution in [2.45, 2.75) is 20.8 Å². The highest BCUT2D eigenvalue weighted by Crippen LogP contribution is 2.27. The maximum Gasteiger partial charge on any atom is 0.198 e. The van der Waals surface area contributed by atoms with Crippen LogP contribution in [0.1, 0.15) is 22.3 Å². The van der Waals surface area contributed by atoms with E-state index < -0.39 is 0 Å². The highest BCUT2D eigenvalue weighted by molar-refractivity contribution is 6.02. The van der Waals surface area contributed by atoms with E-state index in [1.165, 1.54) is 11.1 Å². The number of fused-ring (bicyclic) bond motifs is 1. The van der Waals surface area contributed by atoms with Crippen LogP contribution in [0.2, 0.25) is 0 Å². The lowest BCUT2D eigenvalue weighted by Crippen LogP contribution is -1.82. The summed E-state index contributed by atoms with van der Waals surface area (Å²) in [4.78, 5) is 7.46. The van der Waals surface area contributed by atoms with Crippen molar-refractivity contribution in [1.82, 2.24) is 4.98 Å². The van der Waals surface area contributed by atoms with Gasteiger partial charge in [-0.15, -0.1) is 0 Å². The van der Waals surface area contributed by atoms with E-state index in [0.717, 1.165) is 27.7 Å². The zero-order valence-electron chi connectivity index (χ0n) is 12.4. The molecular weight excluding hydrogens is 260 g/mol. The molecule has 0 saturated heterocycles. The Labute approximate surface area is 124 Å². The molecule has 0 saturated carbocycles. The van der Waals surface area contributed by atoms with E-state index in [1.54, 1.807) is 6.21 Å². The van der Waals surface area contributed by atoms with Crippen molar-refractivity contribution in [3.63, 3.8) is 0 Å². The quantitative estimate of drug-likeness (QED) is 0.664. The normalized spacial score (nSPS) is 11.6. The highest BCUT2D eigenvalue weighted by atomic mass is 16.3. The maximum atomic E-state index is 10.1. The number of nitrogens with zero attached hydrogens (tertiary/aromatic N) is 1. The molecule has 3 aromatic rings. The number of rotatable bonds is 2. The number of aromatic hydroxyl groups is 1. The van der Waals surface area contributed by atoms with E-state index in [9.17, 15) is 5.11 Å². The summed E-state index contributed by atoms with van der Waals surface area (Å²) in [7, 11) is 0. The van der Waals surface area contributed by atoms with Crippen LogP contribution in [-0.4, -0.2) is 16.3 Å². The third-order valence-corrected chi connectivity index (χ3v) is 3.81. The van der Waals surface area contributed by atoms with Gasteiger partial charge in [0.05, 0.1) is 11.3 Å². The van der Waals surface area contributed by atoms with Crippen LogP contribution in [0.4, 0.5) is 5.69 Å². The number of aliphatic imine (C=N–C) groups is 1. The third kappa shape index (κ3) is 2.55. The van der Waals surface area contributed by atoms with Gasteiger partial charge in [-0.05, 0) is 56.2 Å². The fraction of sp³-hybridized carbons (Fsp3) is 0.167. The smallest absolute Gasteiger partial charge is 0.198 e. The molecule has 2 aromatic carbocycles. The molecule has 1 heterocycles. The van der Waals surface area contributed by atoms with E-state index in [-0.39, 0.29) is 5.88 Å². The van der Waals surface area contributed by atoms with Crippen molar-refractivity contribution in [1.29, 1.82) is 0 Å². The Kier molecular flexibility index (Phi) is 3.26. The van der Waals surface area contributed by atoms with Crippen LogP contribution in [0.3, 0.4) is 0 Å². The van der Waals surface area contributed by atoms with Crippen molar-refractivity contribution in [3.05, 3.63) is 58.7 Å². The van der Waals surface area contributed by atoms with Crippen LogP contribution >= 0.6 is 0 Å². The lowest BCUT2D eigenvalue weighted by Gasteiger charge is -2.00. The zero-order valence-corrected chi connectivity index (χ0v) is 12.4. The molecule has 0 spiro atoms. The molecule has 0 atom stereocenters. The van der Waals surface area contributed by atoms with Gasteiger partial charge in [0.1, 0.15) is 0 Å². The Balaban J connectivity index is 2.04. The van der Waals surface area contributed by atoms with E-state index in [0.29, 0.717) is 0 Å². The minimum atomic E-state index is 0.156. The van der Waals surface area contributed by atoms with Gasteiger partial charge in [0, 0.05) is 17.1 Å². The average Bonchev–Trinajstić information content (AvgIpc) is 2.75. The van der Waals surface area contributed by atoms with Gasteiger partial charge in [-0.1, -0.05) is 17.7 Å². The second kappa shape index (κ2) is 5.09. The van der Waals surface area contributed by atoms with E-state index in [2.05, 4.69) is 29.9 Å². The molecule has 0 aliphatic rings. The fourth-order valence-corrected chi connectivity index (χ4v) is 2.39. The second-order valence-corrected chi connectivity index (χ2v) is 5.46. The number of aromatic nitrogens is 1.